The summed E-state index contributed by atoms with van der Waals surface area (Å²) >= 11 is 0. The third kappa shape index (κ3) is 3.63. The van der Waals surface area contributed by atoms with Crippen LogP contribution in [0.25, 0.3) is 0 Å². The number of aryl methyl sites for hydroxylation is 1. The van der Waals surface area contributed by atoms with Crippen molar-refractivity contribution in [3.8, 4) is 0 Å². The second kappa shape index (κ2) is 7.21. The van der Waals surface area contributed by atoms with E-state index in [-0.39, 0.29) is 11.6 Å². The number of nitrogens with one attached hydrogen (secondary N) is 1. The Morgan fingerprint density at radius 2 is 1.96 bits per heavy atom. The second-order valence-electron chi connectivity index (χ2n) is 5.76. The quantitative estimate of drug-likeness (QED) is 0.656. The predicted molar refractivity (Wildman–Crippen MR) is 91.8 cm³/mol. The molecule has 26 heavy (non-hydrogen) atoms. The molecule has 3 heterocycles. The first-order chi connectivity index (χ1) is 12.5. The van der Waals surface area contributed by atoms with E-state index >= 15 is 0 Å². The minimum Gasteiger partial charge on any atom is -0.477 e. The highest BCUT2D eigenvalue weighted by atomic mass is 16.4. The maximum absolute atomic E-state index is 12.4. The second-order valence-corrected chi connectivity index (χ2v) is 5.76. The van der Waals surface area contributed by atoms with Gasteiger partial charge in [-0.2, -0.15) is 15.3 Å². The van der Waals surface area contributed by atoms with Gasteiger partial charge in [-0.3, -0.25) is 14.2 Å². The molecule has 2 N–H and O–H groups in total. The van der Waals surface area contributed by atoms with E-state index < -0.39 is 12.0 Å². The third-order valence-corrected chi connectivity index (χ3v) is 3.89. The highest BCUT2D eigenvalue weighted by Crippen LogP contribution is 2.14. The maximum atomic E-state index is 12.4. The monoisotopic (exact) mass is 357 g/mol. The summed E-state index contributed by atoms with van der Waals surface area (Å²) in [5, 5.41) is 24.2. The number of rotatable bonds is 7. The largest absolute Gasteiger partial charge is 0.477 e. The van der Waals surface area contributed by atoms with Gasteiger partial charge >= 0.3 is 5.97 Å². The van der Waals surface area contributed by atoms with Crippen LogP contribution in [0.2, 0.25) is 0 Å². The third-order valence-electron chi connectivity index (χ3n) is 3.89. The van der Waals surface area contributed by atoms with Gasteiger partial charge in [-0.25, -0.2) is 9.48 Å². The topological polar surface area (TPSA) is 120 Å². The lowest BCUT2D eigenvalue weighted by Crippen LogP contribution is -2.26. The fourth-order valence-corrected chi connectivity index (χ4v) is 2.51. The van der Waals surface area contributed by atoms with Crippen molar-refractivity contribution in [2.45, 2.75) is 33.0 Å². The number of carbonyl (C=O) groups is 2. The van der Waals surface area contributed by atoms with Crippen molar-refractivity contribution in [3.05, 3.63) is 48.3 Å². The number of aromatic nitrogens is 6. The van der Waals surface area contributed by atoms with E-state index in [1.165, 1.54) is 23.1 Å². The SMILES string of the molecule is CCn1cc(Cn2cc(NC(=O)C(C)n3nccc3C(=O)O)cn2)cn1. The lowest BCUT2D eigenvalue weighted by Gasteiger charge is -2.13. The molecule has 10 nitrogen and oxygen atoms in total. The molecule has 1 atom stereocenters. The van der Waals surface area contributed by atoms with Gasteiger partial charge in [0.1, 0.15) is 11.7 Å². The number of anilines is 1. The zero-order chi connectivity index (χ0) is 18.7. The van der Waals surface area contributed by atoms with Gasteiger partial charge in [0.25, 0.3) is 0 Å². The molecular weight excluding hydrogens is 338 g/mol. The molecule has 0 fully saturated rings. The van der Waals surface area contributed by atoms with Crippen molar-refractivity contribution in [2.24, 2.45) is 0 Å². The van der Waals surface area contributed by atoms with E-state index in [0.717, 1.165) is 12.1 Å². The van der Waals surface area contributed by atoms with E-state index in [0.29, 0.717) is 12.2 Å². The van der Waals surface area contributed by atoms with Crippen molar-refractivity contribution < 1.29 is 14.7 Å². The number of amides is 1. The Morgan fingerprint density at radius 3 is 2.65 bits per heavy atom. The van der Waals surface area contributed by atoms with E-state index in [1.54, 1.807) is 24.0 Å². The van der Waals surface area contributed by atoms with Crippen molar-refractivity contribution in [1.82, 2.24) is 29.3 Å². The van der Waals surface area contributed by atoms with Crippen molar-refractivity contribution in [3.63, 3.8) is 0 Å². The number of hydrogen-bond acceptors (Lipinski definition) is 5. The molecule has 10 heteroatoms. The summed E-state index contributed by atoms with van der Waals surface area (Å²) in [7, 11) is 0. The number of nitrogens with zero attached hydrogens (tertiary/aromatic N) is 6. The van der Waals surface area contributed by atoms with Crippen LogP contribution in [0, 0.1) is 0 Å². The van der Waals surface area contributed by atoms with Crippen molar-refractivity contribution >= 4 is 17.6 Å². The maximum Gasteiger partial charge on any atom is 0.354 e. The average molecular weight is 357 g/mol. The zero-order valence-electron chi connectivity index (χ0n) is 14.4. The Kier molecular flexibility index (Phi) is 4.83. The number of hydrogen-bond donors (Lipinski definition) is 2. The summed E-state index contributed by atoms with van der Waals surface area (Å²) in [5.74, 6) is -1.52. The molecule has 1 amide bonds. The first-order valence-electron chi connectivity index (χ1n) is 8.09. The Hall–Kier alpha value is -3.43. The Morgan fingerprint density at radius 1 is 1.19 bits per heavy atom. The molecule has 0 aliphatic heterocycles. The molecule has 0 spiro atoms. The molecule has 136 valence electrons. The van der Waals surface area contributed by atoms with Crippen LogP contribution in [0.5, 0.6) is 0 Å². The molecule has 0 aromatic carbocycles. The number of aromatic carboxylic acids is 1. The number of carbonyl (C=O) groups excluding carboxylic acids is 1. The van der Waals surface area contributed by atoms with Crippen LogP contribution in [0.1, 0.15) is 35.9 Å². The molecule has 0 saturated carbocycles. The van der Waals surface area contributed by atoms with E-state index in [9.17, 15) is 9.59 Å². The van der Waals surface area contributed by atoms with Crippen LogP contribution in [-0.2, 0) is 17.9 Å². The average Bonchev–Trinajstić information content (AvgIpc) is 3.34. The Bertz CT molecular complexity index is 924. The van der Waals surface area contributed by atoms with Crippen LogP contribution in [0.4, 0.5) is 5.69 Å². The van der Waals surface area contributed by atoms with E-state index in [1.807, 2.05) is 17.8 Å². The Labute approximate surface area is 149 Å². The highest BCUT2D eigenvalue weighted by molar-refractivity contribution is 5.94. The molecule has 3 aromatic heterocycles. The van der Waals surface area contributed by atoms with Gasteiger partial charge in [0.15, 0.2) is 0 Å². The molecule has 3 aromatic rings. The summed E-state index contributed by atoms with van der Waals surface area (Å²) in [6.07, 6.45) is 8.30. The summed E-state index contributed by atoms with van der Waals surface area (Å²) in [5.41, 5.74) is 1.48. The van der Waals surface area contributed by atoms with E-state index in [2.05, 4.69) is 20.6 Å². The summed E-state index contributed by atoms with van der Waals surface area (Å²) in [6.45, 7) is 4.92. The lowest BCUT2D eigenvalue weighted by molar-refractivity contribution is -0.119. The van der Waals surface area contributed by atoms with Crippen LogP contribution >= 0.6 is 0 Å². The van der Waals surface area contributed by atoms with Gasteiger partial charge in [-0.1, -0.05) is 0 Å². The van der Waals surface area contributed by atoms with Crippen LogP contribution < -0.4 is 5.32 Å². The van der Waals surface area contributed by atoms with Crippen molar-refractivity contribution in [2.75, 3.05) is 5.32 Å². The molecule has 0 radical (unpaired) electrons. The first kappa shape index (κ1) is 17.4. The minimum absolute atomic E-state index is 0.0451. The fourth-order valence-electron chi connectivity index (χ4n) is 2.51. The Balaban J connectivity index is 1.65. The molecule has 0 aliphatic carbocycles. The van der Waals surface area contributed by atoms with Gasteiger partial charge in [0.05, 0.1) is 24.6 Å². The van der Waals surface area contributed by atoms with Gasteiger partial charge in [-0.15, -0.1) is 0 Å². The molecule has 3 rings (SSSR count). The van der Waals surface area contributed by atoms with Gasteiger partial charge < -0.3 is 10.4 Å². The molecule has 1 unspecified atom stereocenters. The van der Waals surface area contributed by atoms with Crippen molar-refractivity contribution in [1.29, 1.82) is 0 Å². The fraction of sp³-hybridized carbons (Fsp3) is 0.312. The number of carboxylic acid groups (broad SMARTS) is 1. The molecule has 0 bridgehead atoms. The lowest BCUT2D eigenvalue weighted by atomic mass is 10.3. The normalized spacial score (nSPS) is 12.1. The highest BCUT2D eigenvalue weighted by Gasteiger charge is 2.21. The van der Waals surface area contributed by atoms with E-state index in [4.69, 9.17) is 5.11 Å². The van der Waals surface area contributed by atoms with Crippen LogP contribution in [0.3, 0.4) is 0 Å². The molecule has 0 aliphatic rings. The predicted octanol–water partition coefficient (Wildman–Crippen LogP) is 1.24. The van der Waals surface area contributed by atoms with Gasteiger partial charge in [0, 0.05) is 30.7 Å². The van der Waals surface area contributed by atoms with Crippen LogP contribution in [-0.4, -0.2) is 46.3 Å². The smallest absolute Gasteiger partial charge is 0.354 e. The summed E-state index contributed by atoms with van der Waals surface area (Å²) in [6, 6.07) is 0.572. The zero-order valence-corrected chi connectivity index (χ0v) is 14.4. The first-order valence-corrected chi connectivity index (χ1v) is 8.09. The summed E-state index contributed by atoms with van der Waals surface area (Å²) < 4.78 is 4.68. The standard InChI is InChI=1S/C16H19N7O3/c1-3-21-8-12(6-18-21)9-22-10-13(7-19-22)20-15(24)11(2)23-14(16(25)26)4-5-17-23/h4-8,10-11H,3,9H2,1-2H3,(H,20,24)(H,25,26). The molecule has 0 saturated heterocycles. The van der Waals surface area contributed by atoms with Crippen LogP contribution in [0.15, 0.2) is 37.1 Å². The van der Waals surface area contributed by atoms with Gasteiger partial charge in [-0.05, 0) is 19.9 Å². The summed E-state index contributed by atoms with van der Waals surface area (Å²) in [4.78, 5) is 23.5. The molecular formula is C16H19N7O3. The minimum atomic E-state index is -1.14. The number of carboxylic acids is 1. The van der Waals surface area contributed by atoms with Gasteiger partial charge in [0.2, 0.25) is 5.91 Å².